The van der Waals surface area contributed by atoms with Crippen LogP contribution in [-0.4, -0.2) is 27.6 Å². The van der Waals surface area contributed by atoms with E-state index in [2.05, 4.69) is 9.97 Å². The summed E-state index contributed by atoms with van der Waals surface area (Å²) < 4.78 is 6.63. The van der Waals surface area contributed by atoms with Gasteiger partial charge < -0.3 is 15.0 Å². The van der Waals surface area contributed by atoms with Crippen molar-refractivity contribution < 1.29 is 9.53 Å². The van der Waals surface area contributed by atoms with E-state index in [0.717, 1.165) is 21.4 Å². The van der Waals surface area contributed by atoms with Gasteiger partial charge >= 0.3 is 5.97 Å². The summed E-state index contributed by atoms with van der Waals surface area (Å²) in [6.45, 7) is 7.98. The molecule has 0 aliphatic carbocycles. The number of nitrogen functional groups attached to an aromatic ring is 1. The van der Waals surface area contributed by atoms with Crippen LogP contribution in [0.4, 0.5) is 5.82 Å². The molecule has 2 aromatic rings. The maximum absolute atomic E-state index is 11.8. The molecule has 0 spiro atoms. The first-order chi connectivity index (χ1) is 9.90. The number of anilines is 1. The number of hydrogen-bond donors (Lipinski definition) is 1. The summed E-state index contributed by atoms with van der Waals surface area (Å²) in [6, 6.07) is -0.0166. The number of hydrogen-bond acceptors (Lipinski definition) is 6. The largest absolute Gasteiger partial charge is 0.464 e. The van der Waals surface area contributed by atoms with Crippen LogP contribution < -0.4 is 5.73 Å². The Hall–Kier alpha value is -1.89. The lowest BCUT2D eigenvalue weighted by molar-refractivity contribution is 0.0595. The van der Waals surface area contributed by atoms with Crippen molar-refractivity contribution in [3.63, 3.8) is 0 Å². The van der Waals surface area contributed by atoms with E-state index in [0.29, 0.717) is 12.2 Å². The van der Waals surface area contributed by atoms with Crippen LogP contribution in [0.1, 0.15) is 51.8 Å². The number of nitrogens with two attached hydrogens (primary N) is 1. The fourth-order valence-electron chi connectivity index (χ4n) is 2.47. The van der Waals surface area contributed by atoms with Crippen LogP contribution in [0.2, 0.25) is 0 Å². The molecule has 114 valence electrons. The van der Waals surface area contributed by atoms with E-state index in [1.54, 1.807) is 11.3 Å². The Balaban J connectivity index is 2.54. The Morgan fingerprint density at radius 1 is 1.43 bits per heavy atom. The van der Waals surface area contributed by atoms with E-state index in [9.17, 15) is 4.79 Å². The van der Waals surface area contributed by atoms with E-state index < -0.39 is 5.97 Å². The molecule has 2 N–H and O–H groups in total. The van der Waals surface area contributed by atoms with Crippen molar-refractivity contribution >= 4 is 23.1 Å². The molecule has 2 heterocycles. The molecule has 0 aromatic carbocycles. The number of aromatic nitrogens is 3. The predicted octanol–water partition coefficient (Wildman–Crippen LogP) is 2.50. The van der Waals surface area contributed by atoms with Gasteiger partial charge in [-0.05, 0) is 20.8 Å². The molecule has 2 rings (SSSR count). The topological polar surface area (TPSA) is 83.0 Å². The minimum absolute atomic E-state index is 0.0166. The molecule has 0 aliphatic heterocycles. The molecule has 0 saturated carbocycles. The van der Waals surface area contributed by atoms with E-state index >= 15 is 0 Å². The number of carbonyl (C=O) groups excluding carboxylic acids is 1. The Morgan fingerprint density at radius 3 is 2.57 bits per heavy atom. The number of rotatable bonds is 4. The SMILES string of the molecule is CCc1nc(C(=O)OC)c(N)n1C(C)c1sc(C)nc1C. The molecule has 2 aromatic heterocycles. The Bertz CT molecular complexity index is 675. The van der Waals surface area contributed by atoms with Gasteiger partial charge in [0.15, 0.2) is 5.69 Å². The Kier molecular flexibility index (Phi) is 4.32. The Labute approximate surface area is 128 Å². The molecule has 1 atom stereocenters. The first-order valence-electron chi connectivity index (χ1n) is 6.79. The second-order valence-electron chi connectivity index (χ2n) is 4.84. The lowest BCUT2D eigenvalue weighted by Crippen LogP contribution is -2.14. The third-order valence-electron chi connectivity index (χ3n) is 3.42. The van der Waals surface area contributed by atoms with Crippen molar-refractivity contribution in [2.75, 3.05) is 12.8 Å². The number of ether oxygens (including phenoxy) is 1. The van der Waals surface area contributed by atoms with Gasteiger partial charge in [-0.2, -0.15) is 0 Å². The van der Waals surface area contributed by atoms with Gasteiger partial charge in [0, 0.05) is 6.42 Å². The monoisotopic (exact) mass is 308 g/mol. The maximum Gasteiger partial charge on any atom is 0.360 e. The first kappa shape index (κ1) is 15.5. The van der Waals surface area contributed by atoms with E-state index in [4.69, 9.17) is 10.5 Å². The maximum atomic E-state index is 11.8. The average molecular weight is 308 g/mol. The van der Waals surface area contributed by atoms with Crippen LogP contribution >= 0.6 is 11.3 Å². The summed E-state index contributed by atoms with van der Waals surface area (Å²) in [5, 5.41) is 1.01. The van der Waals surface area contributed by atoms with E-state index in [-0.39, 0.29) is 11.7 Å². The molecule has 0 amide bonds. The van der Waals surface area contributed by atoms with Crippen LogP contribution in [0, 0.1) is 13.8 Å². The van der Waals surface area contributed by atoms with Crippen molar-refractivity contribution in [2.24, 2.45) is 0 Å². The number of esters is 1. The lowest BCUT2D eigenvalue weighted by atomic mass is 10.2. The van der Waals surface area contributed by atoms with E-state index in [1.165, 1.54) is 7.11 Å². The smallest absolute Gasteiger partial charge is 0.360 e. The number of methoxy groups -OCH3 is 1. The molecule has 6 nitrogen and oxygen atoms in total. The number of nitrogens with zero attached hydrogens (tertiary/aromatic N) is 3. The summed E-state index contributed by atoms with van der Waals surface area (Å²) in [4.78, 5) is 21.7. The lowest BCUT2D eigenvalue weighted by Gasteiger charge is -2.17. The second-order valence-corrected chi connectivity index (χ2v) is 6.07. The zero-order valence-electron chi connectivity index (χ0n) is 12.9. The fourth-order valence-corrected chi connectivity index (χ4v) is 3.44. The van der Waals surface area contributed by atoms with Crippen molar-refractivity contribution in [1.29, 1.82) is 0 Å². The molecule has 7 heteroatoms. The number of imidazole rings is 1. The molecular weight excluding hydrogens is 288 g/mol. The molecule has 21 heavy (non-hydrogen) atoms. The van der Waals surface area contributed by atoms with Crippen LogP contribution in [0.3, 0.4) is 0 Å². The normalized spacial score (nSPS) is 12.4. The highest BCUT2D eigenvalue weighted by Crippen LogP contribution is 2.31. The minimum Gasteiger partial charge on any atom is -0.464 e. The van der Waals surface area contributed by atoms with Crippen LogP contribution in [0.5, 0.6) is 0 Å². The molecule has 1 unspecified atom stereocenters. The summed E-state index contributed by atoms with van der Waals surface area (Å²) in [5.74, 6) is 0.605. The van der Waals surface area contributed by atoms with Gasteiger partial charge in [0.2, 0.25) is 0 Å². The summed E-state index contributed by atoms with van der Waals surface area (Å²) in [7, 11) is 1.33. The first-order valence-corrected chi connectivity index (χ1v) is 7.61. The molecule has 0 aliphatic rings. The molecule has 0 saturated heterocycles. The molecular formula is C14H20N4O2S. The van der Waals surface area contributed by atoms with Gasteiger partial charge in [0.1, 0.15) is 11.6 Å². The highest BCUT2D eigenvalue weighted by molar-refractivity contribution is 7.11. The highest BCUT2D eigenvalue weighted by Gasteiger charge is 2.25. The van der Waals surface area contributed by atoms with Crippen LogP contribution in [0.15, 0.2) is 0 Å². The molecule has 0 fully saturated rings. The predicted molar refractivity (Wildman–Crippen MR) is 82.8 cm³/mol. The molecule has 0 radical (unpaired) electrons. The van der Waals surface area contributed by atoms with Crippen molar-refractivity contribution in [1.82, 2.24) is 14.5 Å². The van der Waals surface area contributed by atoms with Gasteiger partial charge in [0.05, 0.1) is 28.7 Å². The quantitative estimate of drug-likeness (QED) is 0.877. The minimum atomic E-state index is -0.509. The van der Waals surface area contributed by atoms with Gasteiger partial charge in [-0.15, -0.1) is 11.3 Å². The summed E-state index contributed by atoms with van der Waals surface area (Å²) >= 11 is 1.64. The second kappa shape index (κ2) is 5.85. The third kappa shape index (κ3) is 2.65. The summed E-state index contributed by atoms with van der Waals surface area (Å²) in [5.41, 5.74) is 7.30. The average Bonchev–Trinajstić information content (AvgIpc) is 2.96. The number of carbonyl (C=O) groups is 1. The number of thiazole rings is 1. The zero-order valence-corrected chi connectivity index (χ0v) is 13.7. The molecule has 0 bridgehead atoms. The van der Waals surface area contributed by atoms with Gasteiger partial charge in [-0.3, -0.25) is 0 Å². The van der Waals surface area contributed by atoms with Crippen LogP contribution in [-0.2, 0) is 11.2 Å². The van der Waals surface area contributed by atoms with Gasteiger partial charge in [-0.25, -0.2) is 14.8 Å². The van der Waals surface area contributed by atoms with Crippen molar-refractivity contribution in [3.8, 4) is 0 Å². The highest BCUT2D eigenvalue weighted by atomic mass is 32.1. The van der Waals surface area contributed by atoms with Crippen molar-refractivity contribution in [2.45, 2.75) is 40.2 Å². The standard InChI is InChI=1S/C14H20N4O2S/c1-6-10-17-11(14(19)20-5)13(15)18(10)8(3)12-7(2)16-9(4)21-12/h8H,6,15H2,1-5H3. The number of aryl methyl sites for hydroxylation is 3. The third-order valence-corrected chi connectivity index (χ3v) is 4.67. The fraction of sp³-hybridized carbons (Fsp3) is 0.500. The zero-order chi connectivity index (χ0) is 15.7. The Morgan fingerprint density at radius 2 is 2.10 bits per heavy atom. The van der Waals surface area contributed by atoms with Crippen molar-refractivity contribution in [3.05, 3.63) is 27.1 Å². The summed E-state index contributed by atoms with van der Waals surface area (Å²) in [6.07, 6.45) is 0.683. The van der Waals surface area contributed by atoms with Gasteiger partial charge in [0.25, 0.3) is 0 Å². The van der Waals surface area contributed by atoms with Gasteiger partial charge in [-0.1, -0.05) is 6.92 Å². The van der Waals surface area contributed by atoms with E-state index in [1.807, 2.05) is 32.3 Å². The van der Waals surface area contributed by atoms with Crippen LogP contribution in [0.25, 0.3) is 0 Å².